The number of piperidine rings is 1. The van der Waals surface area contributed by atoms with Gasteiger partial charge in [0, 0.05) is 22.7 Å². The second-order valence-electron chi connectivity index (χ2n) is 10.5. The molecule has 2 aromatic carbocycles. The zero-order chi connectivity index (χ0) is 30.0. The fraction of sp³-hybridized carbons (Fsp3) is 0.467. The van der Waals surface area contributed by atoms with Crippen molar-refractivity contribution in [1.29, 1.82) is 0 Å². The molecular weight excluding hydrogens is 566 g/mol. The highest BCUT2D eigenvalue weighted by molar-refractivity contribution is 7.92. The van der Waals surface area contributed by atoms with Gasteiger partial charge >= 0.3 is 5.97 Å². The molecule has 3 aliphatic rings. The van der Waals surface area contributed by atoms with Crippen LogP contribution in [0.2, 0.25) is 5.02 Å². The van der Waals surface area contributed by atoms with Crippen molar-refractivity contribution in [3.05, 3.63) is 58.2 Å². The van der Waals surface area contributed by atoms with Crippen LogP contribution in [0, 0.1) is 6.92 Å². The Morgan fingerprint density at radius 2 is 1.71 bits per heavy atom. The lowest BCUT2D eigenvalue weighted by Gasteiger charge is -2.32. The number of nitrogens with one attached hydrogen (secondary N) is 1. The van der Waals surface area contributed by atoms with Gasteiger partial charge in [0.1, 0.15) is 0 Å². The molecule has 5 rings (SSSR count). The SMILES string of the molecule is C1CC[NH2+]CC1.CCS(=O)(=O)Nc1cccc(-c2cc(C)c(C3=C(N)C4(CCCCC4)OC3=O)cc2Cl)c1.O=C[O-]. The molecule has 0 aromatic heterocycles. The fourth-order valence-electron chi connectivity index (χ4n) is 5.44. The van der Waals surface area contributed by atoms with Crippen LogP contribution in [0.1, 0.15) is 69.4 Å². The van der Waals surface area contributed by atoms with Gasteiger partial charge in [0.2, 0.25) is 10.0 Å². The maximum Gasteiger partial charge on any atom is 0.341 e. The van der Waals surface area contributed by atoms with E-state index in [0.717, 1.165) is 48.8 Å². The molecule has 1 saturated carbocycles. The smallest absolute Gasteiger partial charge is 0.341 e. The molecule has 0 radical (unpaired) electrons. The van der Waals surface area contributed by atoms with Gasteiger partial charge in [0.25, 0.3) is 0 Å². The Morgan fingerprint density at radius 1 is 1.07 bits per heavy atom. The van der Waals surface area contributed by atoms with Crippen LogP contribution in [0.15, 0.2) is 42.1 Å². The first kappa shape index (κ1) is 32.4. The number of carbonyl (C=O) groups is 2. The number of carboxylic acid groups (broad SMARTS) is 1. The lowest BCUT2D eigenvalue weighted by molar-refractivity contribution is -0.662. The van der Waals surface area contributed by atoms with E-state index in [9.17, 15) is 13.2 Å². The number of quaternary nitrogens is 1. The Balaban J connectivity index is 0.000000442. The molecule has 1 saturated heterocycles. The molecule has 11 heteroatoms. The Morgan fingerprint density at radius 3 is 2.27 bits per heavy atom. The van der Waals surface area contributed by atoms with E-state index < -0.39 is 28.1 Å². The number of halogens is 1. The Hall–Kier alpha value is -3.08. The molecule has 0 atom stereocenters. The number of carbonyl (C=O) groups excluding carboxylic acids is 2. The molecule has 2 aromatic rings. The summed E-state index contributed by atoms with van der Waals surface area (Å²) in [5.41, 5.74) is 10.2. The second-order valence-corrected chi connectivity index (χ2v) is 12.9. The van der Waals surface area contributed by atoms with Gasteiger partial charge in [0.15, 0.2) is 5.60 Å². The van der Waals surface area contributed by atoms with E-state index in [1.807, 2.05) is 19.1 Å². The largest absolute Gasteiger partial charge is 0.554 e. The highest BCUT2D eigenvalue weighted by atomic mass is 35.5. The number of aryl methyl sites for hydroxylation is 1. The third kappa shape index (κ3) is 8.24. The first-order chi connectivity index (χ1) is 19.6. The molecule has 224 valence electrons. The Bertz CT molecular complexity index is 1350. The minimum atomic E-state index is -3.39. The minimum Gasteiger partial charge on any atom is -0.554 e. The Labute approximate surface area is 247 Å². The van der Waals surface area contributed by atoms with Crippen LogP contribution in [0.3, 0.4) is 0 Å². The van der Waals surface area contributed by atoms with Crippen molar-refractivity contribution < 1.29 is 33.2 Å². The highest BCUT2D eigenvalue weighted by Gasteiger charge is 2.47. The highest BCUT2D eigenvalue weighted by Crippen LogP contribution is 2.45. The number of rotatable bonds is 5. The van der Waals surface area contributed by atoms with Crippen LogP contribution in [-0.2, 0) is 24.3 Å². The first-order valence-electron chi connectivity index (χ1n) is 14.1. The predicted octanol–water partition coefficient (Wildman–Crippen LogP) is 3.11. The van der Waals surface area contributed by atoms with Crippen molar-refractivity contribution in [2.75, 3.05) is 23.6 Å². The summed E-state index contributed by atoms with van der Waals surface area (Å²) in [5.74, 6) is -0.410. The molecule has 0 amide bonds. The number of hydrogen-bond acceptors (Lipinski definition) is 7. The zero-order valence-electron chi connectivity index (χ0n) is 23.7. The van der Waals surface area contributed by atoms with Gasteiger partial charge in [-0.25, -0.2) is 13.2 Å². The molecule has 9 nitrogen and oxygen atoms in total. The van der Waals surface area contributed by atoms with E-state index >= 15 is 0 Å². The molecule has 0 unspecified atom stereocenters. The standard InChI is InChI=1S/C24H27ClN2O4S.C5H11N.CH2O2/c1-3-32(29,30)27-17-9-7-8-16(13-17)19-12-15(2)18(14-20(19)25)21-22(26)24(31-23(21)28)10-5-4-6-11-24;1-2-4-6-5-3-1;2-1-3/h7-9,12-14,27H,3-6,10-11,26H2,1-2H3;6H,1-5H2;1H,(H,2,3). The van der Waals surface area contributed by atoms with E-state index in [2.05, 4.69) is 10.0 Å². The van der Waals surface area contributed by atoms with Crippen LogP contribution < -0.4 is 20.9 Å². The van der Waals surface area contributed by atoms with Crippen LogP contribution in [0.25, 0.3) is 16.7 Å². The first-order valence-corrected chi connectivity index (χ1v) is 16.1. The topological polar surface area (TPSA) is 155 Å². The van der Waals surface area contributed by atoms with Crippen molar-refractivity contribution in [3.8, 4) is 11.1 Å². The number of anilines is 1. The lowest BCUT2D eigenvalue weighted by atomic mass is 9.81. The van der Waals surface area contributed by atoms with Gasteiger partial charge in [-0.3, -0.25) is 4.72 Å². The van der Waals surface area contributed by atoms with Gasteiger partial charge < -0.3 is 25.7 Å². The third-order valence-corrected chi connectivity index (χ3v) is 9.26. The van der Waals surface area contributed by atoms with Crippen molar-refractivity contribution in [3.63, 3.8) is 0 Å². The van der Waals surface area contributed by atoms with Crippen LogP contribution in [0.4, 0.5) is 5.69 Å². The molecule has 41 heavy (non-hydrogen) atoms. The zero-order valence-corrected chi connectivity index (χ0v) is 25.3. The quantitative estimate of drug-likeness (QED) is 0.349. The summed E-state index contributed by atoms with van der Waals surface area (Å²) in [6, 6.07) is 10.7. The molecule has 2 aliphatic heterocycles. The van der Waals surface area contributed by atoms with E-state index in [-0.39, 0.29) is 5.75 Å². The normalized spacial score (nSPS) is 18.0. The number of sulfonamides is 1. The predicted molar refractivity (Wildman–Crippen MR) is 159 cm³/mol. The van der Waals surface area contributed by atoms with Crippen molar-refractivity contribution in [2.45, 2.75) is 70.8 Å². The van der Waals surface area contributed by atoms with E-state index in [0.29, 0.717) is 27.5 Å². The van der Waals surface area contributed by atoms with Gasteiger partial charge in [-0.05, 0) is 99.7 Å². The summed E-state index contributed by atoms with van der Waals surface area (Å²) in [6.45, 7) is 5.73. The van der Waals surface area contributed by atoms with E-state index in [1.165, 1.54) is 32.4 Å². The maximum atomic E-state index is 12.8. The number of nitrogens with two attached hydrogens (primary N) is 2. The van der Waals surface area contributed by atoms with Gasteiger partial charge in [0.05, 0.1) is 30.1 Å². The summed E-state index contributed by atoms with van der Waals surface area (Å²) in [7, 11) is -3.39. The monoisotopic (exact) mass is 605 g/mol. The minimum absolute atomic E-state index is 0.0140. The van der Waals surface area contributed by atoms with Crippen molar-refractivity contribution >= 4 is 45.3 Å². The van der Waals surface area contributed by atoms with Crippen LogP contribution in [-0.4, -0.2) is 45.3 Å². The summed E-state index contributed by atoms with van der Waals surface area (Å²) in [4.78, 5) is 21.1. The molecule has 2 fully saturated rings. The fourth-order valence-corrected chi connectivity index (χ4v) is 6.35. The average Bonchev–Trinajstić information content (AvgIpc) is 3.19. The summed E-state index contributed by atoms with van der Waals surface area (Å²) in [5, 5.41) is 11.1. The van der Waals surface area contributed by atoms with Gasteiger partial charge in [-0.2, -0.15) is 0 Å². The summed E-state index contributed by atoms with van der Waals surface area (Å²) in [6.07, 6.45) is 8.94. The molecule has 1 spiro atoms. The van der Waals surface area contributed by atoms with Gasteiger partial charge in [-0.1, -0.05) is 30.2 Å². The molecule has 2 heterocycles. The van der Waals surface area contributed by atoms with Crippen molar-refractivity contribution in [1.82, 2.24) is 0 Å². The number of esters is 1. The Kier molecular flexibility index (Phi) is 11.6. The lowest BCUT2D eigenvalue weighted by Crippen LogP contribution is -2.85. The number of ether oxygens (including phenoxy) is 1. The molecule has 1 aliphatic carbocycles. The molecular formula is C30H40ClN3O6S. The van der Waals surface area contributed by atoms with E-state index in [4.69, 9.17) is 32.0 Å². The number of hydrogen-bond donors (Lipinski definition) is 3. The summed E-state index contributed by atoms with van der Waals surface area (Å²) >= 11 is 6.65. The van der Waals surface area contributed by atoms with Crippen LogP contribution in [0.5, 0.6) is 0 Å². The van der Waals surface area contributed by atoms with Crippen molar-refractivity contribution in [2.24, 2.45) is 5.73 Å². The average molecular weight is 606 g/mol. The van der Waals surface area contributed by atoms with E-state index in [1.54, 1.807) is 31.2 Å². The number of benzene rings is 2. The molecule has 0 bridgehead atoms. The second kappa shape index (κ2) is 14.7. The van der Waals surface area contributed by atoms with Gasteiger partial charge in [-0.15, -0.1) is 0 Å². The molecule has 5 N–H and O–H groups in total. The third-order valence-electron chi connectivity index (χ3n) is 7.64. The van der Waals surface area contributed by atoms with Crippen LogP contribution >= 0.6 is 11.6 Å². The summed E-state index contributed by atoms with van der Waals surface area (Å²) < 4.78 is 32.2. The maximum absolute atomic E-state index is 12.8.